The average molecular weight is 401 g/mol. The molecule has 8 heteroatoms. The Morgan fingerprint density at radius 3 is 2.36 bits per heavy atom. The van der Waals surface area contributed by atoms with E-state index in [4.69, 9.17) is 34.7 Å². The van der Waals surface area contributed by atoms with E-state index in [2.05, 4.69) is 15.3 Å². The molecule has 0 saturated heterocycles. The lowest BCUT2D eigenvalue weighted by Crippen LogP contribution is -2.26. The van der Waals surface area contributed by atoms with E-state index < -0.39 is 0 Å². The Kier molecular flexibility index (Phi) is 8.03. The predicted octanol–water partition coefficient (Wildman–Crippen LogP) is 4.27. The highest BCUT2D eigenvalue weighted by atomic mass is 35.5. The standard InChI is InChI=1S/C17H19Cl2N5.ClH/c1-10-3-5-13(7-11(10)2)23-17(21)24-16(20)22-9-12-4-6-14(18)15(19)8-12;/h3-8H,9H2,1-2H3,(H5,20,21,22,23,24);1H. The van der Waals surface area contributed by atoms with E-state index in [1.165, 1.54) is 5.56 Å². The molecular weight excluding hydrogens is 381 g/mol. The molecule has 0 aliphatic carbocycles. The normalized spacial score (nSPS) is 11.8. The van der Waals surface area contributed by atoms with Crippen molar-refractivity contribution in [2.24, 2.45) is 21.5 Å². The summed E-state index contributed by atoms with van der Waals surface area (Å²) in [6.45, 7) is 4.41. The third-order valence-corrected chi connectivity index (χ3v) is 4.16. The highest BCUT2D eigenvalue weighted by Gasteiger charge is 2.01. The number of halogens is 3. The Labute approximate surface area is 163 Å². The Hall–Kier alpha value is -1.95. The number of hydrogen-bond donors (Lipinski definition) is 3. The lowest BCUT2D eigenvalue weighted by Gasteiger charge is -2.07. The van der Waals surface area contributed by atoms with Crippen LogP contribution in [0.2, 0.25) is 10.0 Å². The fourth-order valence-corrected chi connectivity index (χ4v) is 2.28. The van der Waals surface area contributed by atoms with Gasteiger partial charge in [-0.2, -0.15) is 4.99 Å². The summed E-state index contributed by atoms with van der Waals surface area (Å²) in [6.07, 6.45) is 0. The number of nitrogens with one attached hydrogen (secondary N) is 1. The first-order chi connectivity index (χ1) is 11.3. The highest BCUT2D eigenvalue weighted by Crippen LogP contribution is 2.22. The molecule has 0 fully saturated rings. The molecule has 0 atom stereocenters. The largest absolute Gasteiger partial charge is 0.369 e. The number of nitrogens with two attached hydrogens (primary N) is 2. The molecule has 5 N–H and O–H groups in total. The van der Waals surface area contributed by atoms with E-state index in [0.717, 1.165) is 16.8 Å². The van der Waals surface area contributed by atoms with E-state index >= 15 is 0 Å². The van der Waals surface area contributed by atoms with Gasteiger partial charge in [-0.05, 0) is 54.8 Å². The van der Waals surface area contributed by atoms with E-state index in [1.807, 2.05) is 38.1 Å². The van der Waals surface area contributed by atoms with Crippen LogP contribution in [0.15, 0.2) is 46.4 Å². The molecule has 0 aromatic heterocycles. The van der Waals surface area contributed by atoms with Crippen molar-refractivity contribution in [3.63, 3.8) is 0 Å². The van der Waals surface area contributed by atoms with Crippen LogP contribution in [0.1, 0.15) is 16.7 Å². The molecule has 2 rings (SSSR count). The minimum atomic E-state index is 0. The van der Waals surface area contributed by atoms with Gasteiger partial charge < -0.3 is 16.8 Å². The number of nitrogens with zero attached hydrogens (tertiary/aromatic N) is 2. The SMILES string of the molecule is Cc1ccc(NC(N)=NC(N)=NCc2ccc(Cl)c(Cl)c2)cc1C.Cl. The van der Waals surface area contributed by atoms with Crippen LogP contribution in [0.4, 0.5) is 5.69 Å². The van der Waals surface area contributed by atoms with Crippen molar-refractivity contribution in [2.75, 3.05) is 5.32 Å². The second-order valence-electron chi connectivity index (χ2n) is 5.34. The zero-order chi connectivity index (χ0) is 17.7. The molecule has 0 radical (unpaired) electrons. The monoisotopic (exact) mass is 399 g/mol. The van der Waals surface area contributed by atoms with Gasteiger partial charge in [0.2, 0.25) is 11.9 Å². The summed E-state index contributed by atoms with van der Waals surface area (Å²) >= 11 is 11.8. The number of hydrogen-bond acceptors (Lipinski definition) is 1. The van der Waals surface area contributed by atoms with E-state index in [9.17, 15) is 0 Å². The number of rotatable bonds is 3. The van der Waals surface area contributed by atoms with Gasteiger partial charge in [0.05, 0.1) is 16.6 Å². The quantitative estimate of drug-likeness (QED) is 0.531. The molecule has 0 saturated carbocycles. The van der Waals surface area contributed by atoms with Crippen LogP contribution in [0, 0.1) is 13.8 Å². The Balaban J connectivity index is 0.00000312. The molecule has 0 unspecified atom stereocenters. The van der Waals surface area contributed by atoms with Crippen molar-refractivity contribution in [1.82, 2.24) is 0 Å². The number of benzene rings is 2. The molecule has 0 bridgehead atoms. The topological polar surface area (TPSA) is 88.8 Å². The Morgan fingerprint density at radius 2 is 1.72 bits per heavy atom. The molecule has 0 aliphatic heterocycles. The number of guanidine groups is 2. The molecule has 0 spiro atoms. The van der Waals surface area contributed by atoms with Gasteiger partial charge in [-0.1, -0.05) is 35.3 Å². The van der Waals surface area contributed by atoms with Crippen LogP contribution in [0.3, 0.4) is 0 Å². The number of aliphatic imine (C=N–C) groups is 2. The lowest BCUT2D eigenvalue weighted by molar-refractivity contribution is 1.05. The molecular formula is C17H20Cl3N5. The summed E-state index contributed by atoms with van der Waals surface area (Å²) in [7, 11) is 0. The zero-order valence-corrected chi connectivity index (χ0v) is 16.2. The maximum atomic E-state index is 5.96. The van der Waals surface area contributed by atoms with E-state index in [0.29, 0.717) is 16.6 Å². The summed E-state index contributed by atoms with van der Waals surface area (Å²) in [6, 6.07) is 11.2. The van der Waals surface area contributed by atoms with Crippen molar-refractivity contribution in [2.45, 2.75) is 20.4 Å². The van der Waals surface area contributed by atoms with Gasteiger partial charge in [0.15, 0.2) is 0 Å². The summed E-state index contributed by atoms with van der Waals surface area (Å²) < 4.78 is 0. The minimum absolute atomic E-state index is 0. The molecule has 5 nitrogen and oxygen atoms in total. The minimum Gasteiger partial charge on any atom is -0.369 e. The van der Waals surface area contributed by atoms with Crippen LogP contribution in [0.5, 0.6) is 0 Å². The molecule has 0 amide bonds. The van der Waals surface area contributed by atoms with Crippen LogP contribution < -0.4 is 16.8 Å². The molecule has 0 aliphatic rings. The van der Waals surface area contributed by atoms with Gasteiger partial charge in [0, 0.05) is 5.69 Å². The van der Waals surface area contributed by atoms with Gasteiger partial charge in [0.25, 0.3) is 0 Å². The van der Waals surface area contributed by atoms with E-state index in [1.54, 1.807) is 12.1 Å². The summed E-state index contributed by atoms with van der Waals surface area (Å²) in [5.74, 6) is 0.253. The number of aryl methyl sites for hydroxylation is 2. The van der Waals surface area contributed by atoms with Gasteiger partial charge in [-0.25, -0.2) is 4.99 Å². The van der Waals surface area contributed by atoms with Crippen LogP contribution in [-0.2, 0) is 6.54 Å². The maximum Gasteiger partial charge on any atom is 0.218 e. The third-order valence-electron chi connectivity index (χ3n) is 3.42. The first-order valence-electron chi connectivity index (χ1n) is 7.27. The van der Waals surface area contributed by atoms with Crippen molar-refractivity contribution < 1.29 is 0 Å². The fraction of sp³-hybridized carbons (Fsp3) is 0.176. The van der Waals surface area contributed by atoms with Crippen molar-refractivity contribution in [1.29, 1.82) is 0 Å². The van der Waals surface area contributed by atoms with Gasteiger partial charge in [-0.15, -0.1) is 12.4 Å². The van der Waals surface area contributed by atoms with Crippen molar-refractivity contribution >= 4 is 53.2 Å². The highest BCUT2D eigenvalue weighted by molar-refractivity contribution is 6.42. The first-order valence-corrected chi connectivity index (χ1v) is 8.03. The maximum absolute atomic E-state index is 5.96. The van der Waals surface area contributed by atoms with Crippen LogP contribution >= 0.6 is 35.6 Å². The summed E-state index contributed by atoms with van der Waals surface area (Å²) in [5, 5.41) is 3.96. The van der Waals surface area contributed by atoms with E-state index in [-0.39, 0.29) is 24.3 Å². The second-order valence-corrected chi connectivity index (χ2v) is 6.16. The average Bonchev–Trinajstić information content (AvgIpc) is 2.52. The van der Waals surface area contributed by atoms with Gasteiger partial charge >= 0.3 is 0 Å². The third kappa shape index (κ3) is 6.46. The van der Waals surface area contributed by atoms with Gasteiger partial charge in [-0.3, -0.25) is 0 Å². The van der Waals surface area contributed by atoms with Crippen molar-refractivity contribution in [3.8, 4) is 0 Å². The van der Waals surface area contributed by atoms with Crippen molar-refractivity contribution in [3.05, 3.63) is 63.1 Å². The molecule has 2 aromatic carbocycles. The second kappa shape index (κ2) is 9.51. The zero-order valence-electron chi connectivity index (χ0n) is 13.9. The molecule has 0 heterocycles. The molecule has 134 valence electrons. The van der Waals surface area contributed by atoms with Crippen LogP contribution in [0.25, 0.3) is 0 Å². The smallest absolute Gasteiger partial charge is 0.218 e. The molecule has 2 aromatic rings. The predicted molar refractivity (Wildman–Crippen MR) is 110 cm³/mol. The first kappa shape index (κ1) is 21.1. The Bertz CT molecular complexity index is 803. The Morgan fingerprint density at radius 1 is 1.00 bits per heavy atom. The van der Waals surface area contributed by atoms with Crippen LogP contribution in [-0.4, -0.2) is 11.9 Å². The molecule has 25 heavy (non-hydrogen) atoms. The van der Waals surface area contributed by atoms with Gasteiger partial charge in [0.1, 0.15) is 0 Å². The summed E-state index contributed by atoms with van der Waals surface area (Å²) in [4.78, 5) is 8.20. The summed E-state index contributed by atoms with van der Waals surface area (Å²) in [5.41, 5.74) is 15.7. The fourth-order valence-electron chi connectivity index (χ4n) is 1.96. The lowest BCUT2D eigenvalue weighted by atomic mass is 10.1. The number of anilines is 1.